The van der Waals surface area contributed by atoms with Crippen LogP contribution in [0.5, 0.6) is 5.75 Å². The lowest BCUT2D eigenvalue weighted by atomic mass is 10.2. The van der Waals surface area contributed by atoms with Crippen LogP contribution in [0.3, 0.4) is 0 Å². The van der Waals surface area contributed by atoms with E-state index in [1.807, 2.05) is 42.5 Å². The lowest BCUT2D eigenvalue weighted by Crippen LogP contribution is -2.18. The molecule has 27 heavy (non-hydrogen) atoms. The van der Waals surface area contributed by atoms with Gasteiger partial charge in [-0.1, -0.05) is 39.7 Å². The molecule has 1 heterocycles. The van der Waals surface area contributed by atoms with Gasteiger partial charge in [-0.05, 0) is 42.0 Å². The van der Waals surface area contributed by atoms with Crippen LogP contribution in [-0.4, -0.2) is 29.0 Å². The predicted octanol–water partition coefficient (Wildman–Crippen LogP) is 4.12. The zero-order valence-electron chi connectivity index (χ0n) is 14.4. The molecule has 138 valence electrons. The fourth-order valence-corrected chi connectivity index (χ4v) is 2.88. The lowest BCUT2D eigenvalue weighted by molar-refractivity contribution is 0.0949. The molecule has 0 fully saturated rings. The van der Waals surface area contributed by atoms with Crippen molar-refractivity contribution in [3.63, 3.8) is 0 Å². The van der Waals surface area contributed by atoms with Crippen LogP contribution in [0.1, 0.15) is 21.6 Å². The third kappa shape index (κ3) is 5.18. The number of rotatable bonds is 6. The van der Waals surface area contributed by atoms with E-state index in [1.165, 1.54) is 6.21 Å². The van der Waals surface area contributed by atoms with Gasteiger partial charge in [0.15, 0.2) is 5.69 Å². The zero-order chi connectivity index (χ0) is 19.2. The molecule has 8 heteroatoms. The van der Waals surface area contributed by atoms with Crippen molar-refractivity contribution in [1.29, 1.82) is 0 Å². The van der Waals surface area contributed by atoms with Gasteiger partial charge in [0.2, 0.25) is 0 Å². The van der Waals surface area contributed by atoms with E-state index in [9.17, 15) is 4.79 Å². The highest BCUT2D eigenvalue weighted by atomic mass is 79.9. The second-order valence-electron chi connectivity index (χ2n) is 5.61. The van der Waals surface area contributed by atoms with E-state index in [-0.39, 0.29) is 5.69 Å². The van der Waals surface area contributed by atoms with E-state index < -0.39 is 5.91 Å². The Bertz CT molecular complexity index is 970. The first-order valence-corrected chi connectivity index (χ1v) is 9.17. The van der Waals surface area contributed by atoms with Gasteiger partial charge in [-0.15, -0.1) is 0 Å². The van der Waals surface area contributed by atoms with Gasteiger partial charge < -0.3 is 4.74 Å². The first-order chi connectivity index (χ1) is 13.0. The van der Waals surface area contributed by atoms with Crippen LogP contribution in [0.4, 0.5) is 0 Å². The first-order valence-electron chi connectivity index (χ1n) is 8.00. The number of ether oxygens (including phenoxy) is 1. The smallest absolute Gasteiger partial charge is 0.291 e. The molecule has 0 aliphatic carbocycles. The van der Waals surface area contributed by atoms with Crippen molar-refractivity contribution in [2.24, 2.45) is 5.10 Å². The topological polar surface area (TPSA) is 68.5 Å². The molecule has 3 rings (SSSR count). The number of benzene rings is 2. The molecule has 0 aliphatic rings. The average Bonchev–Trinajstić information content (AvgIpc) is 3.12. The number of nitrogens with zero attached hydrogens (tertiary/aromatic N) is 3. The highest BCUT2D eigenvalue weighted by molar-refractivity contribution is 9.10. The Balaban J connectivity index is 1.63. The fraction of sp³-hybridized carbons (Fsp3) is 0.105. The summed E-state index contributed by atoms with van der Waals surface area (Å²) >= 11 is 9.27. The van der Waals surface area contributed by atoms with Gasteiger partial charge in [0.25, 0.3) is 5.91 Å². The van der Waals surface area contributed by atoms with Crippen molar-refractivity contribution < 1.29 is 9.53 Å². The Hall–Kier alpha value is -2.64. The summed E-state index contributed by atoms with van der Waals surface area (Å²) in [5.41, 5.74) is 4.52. The number of carbonyl (C=O) groups is 1. The molecule has 6 nitrogen and oxygen atoms in total. The number of nitrogens with one attached hydrogen (secondary N) is 1. The number of methoxy groups -OCH3 is 1. The molecule has 1 amide bonds. The number of amides is 1. The summed E-state index contributed by atoms with van der Waals surface area (Å²) in [5.74, 6) is 0.263. The Morgan fingerprint density at radius 3 is 2.81 bits per heavy atom. The lowest BCUT2D eigenvalue weighted by Gasteiger charge is -2.04. The Kier molecular flexibility index (Phi) is 6.26. The number of halogens is 2. The minimum absolute atomic E-state index is 0.280. The molecule has 0 saturated heterocycles. The van der Waals surface area contributed by atoms with Crippen molar-refractivity contribution in [2.45, 2.75) is 6.54 Å². The molecule has 0 radical (unpaired) electrons. The minimum atomic E-state index is -0.393. The van der Waals surface area contributed by atoms with E-state index in [0.717, 1.165) is 15.6 Å². The van der Waals surface area contributed by atoms with E-state index in [4.69, 9.17) is 16.3 Å². The van der Waals surface area contributed by atoms with Crippen molar-refractivity contribution >= 4 is 39.7 Å². The molecule has 0 bridgehead atoms. The van der Waals surface area contributed by atoms with Gasteiger partial charge in [-0.25, -0.2) is 5.43 Å². The number of hydrogen-bond donors (Lipinski definition) is 1. The number of aromatic nitrogens is 2. The van der Waals surface area contributed by atoms with E-state index in [0.29, 0.717) is 17.3 Å². The van der Waals surface area contributed by atoms with Crippen LogP contribution in [0.15, 0.2) is 64.3 Å². The van der Waals surface area contributed by atoms with Crippen LogP contribution in [0.25, 0.3) is 0 Å². The molecule has 0 aliphatic heterocycles. The quantitative estimate of drug-likeness (QED) is 0.456. The molecule has 1 N–H and O–H groups in total. The Morgan fingerprint density at radius 1 is 1.30 bits per heavy atom. The van der Waals surface area contributed by atoms with Crippen molar-refractivity contribution in [1.82, 2.24) is 15.2 Å². The van der Waals surface area contributed by atoms with E-state index in [2.05, 4.69) is 31.6 Å². The SMILES string of the molecule is COc1ccc(Br)cc1/C=N\NC(=O)c1ccn(Cc2ccc(Cl)cc2)n1. The maximum atomic E-state index is 12.2. The highest BCUT2D eigenvalue weighted by Crippen LogP contribution is 2.21. The molecule has 1 aromatic heterocycles. The summed E-state index contributed by atoms with van der Waals surface area (Å²) in [6.45, 7) is 0.545. The maximum absolute atomic E-state index is 12.2. The normalized spacial score (nSPS) is 10.9. The van der Waals surface area contributed by atoms with Crippen LogP contribution in [0.2, 0.25) is 5.02 Å². The standard InChI is InChI=1S/C19H16BrClN4O2/c1-27-18-7-4-15(20)10-14(18)11-22-23-19(26)17-8-9-25(24-17)12-13-2-5-16(21)6-3-13/h2-11H,12H2,1H3,(H,23,26)/b22-11-. The van der Waals surface area contributed by atoms with Gasteiger partial charge in [-0.2, -0.15) is 10.2 Å². The molecule has 0 saturated carbocycles. The third-order valence-corrected chi connectivity index (χ3v) is 4.44. The van der Waals surface area contributed by atoms with Gasteiger partial charge >= 0.3 is 0 Å². The summed E-state index contributed by atoms with van der Waals surface area (Å²) in [4.78, 5) is 12.2. The second kappa shape index (κ2) is 8.83. The van der Waals surface area contributed by atoms with E-state index in [1.54, 1.807) is 24.1 Å². The highest BCUT2D eigenvalue weighted by Gasteiger charge is 2.09. The van der Waals surface area contributed by atoms with Crippen molar-refractivity contribution in [3.05, 3.63) is 81.0 Å². The average molecular weight is 448 g/mol. The van der Waals surface area contributed by atoms with Crippen LogP contribution in [-0.2, 0) is 6.54 Å². The molecule has 0 atom stereocenters. The first kappa shape index (κ1) is 19.1. The zero-order valence-corrected chi connectivity index (χ0v) is 16.7. The third-order valence-electron chi connectivity index (χ3n) is 3.69. The van der Waals surface area contributed by atoms with Gasteiger partial charge in [0.1, 0.15) is 5.75 Å². The van der Waals surface area contributed by atoms with Gasteiger partial charge in [0, 0.05) is 21.3 Å². The predicted molar refractivity (Wildman–Crippen MR) is 109 cm³/mol. The largest absolute Gasteiger partial charge is 0.496 e. The summed E-state index contributed by atoms with van der Waals surface area (Å²) in [5, 5.41) is 8.93. The number of carbonyl (C=O) groups excluding carboxylic acids is 1. The van der Waals surface area contributed by atoms with Crippen molar-refractivity contribution in [3.8, 4) is 5.75 Å². The molecule has 0 spiro atoms. The van der Waals surface area contributed by atoms with E-state index >= 15 is 0 Å². The summed E-state index contributed by atoms with van der Waals surface area (Å²) in [6.07, 6.45) is 3.26. The minimum Gasteiger partial charge on any atom is -0.496 e. The Morgan fingerprint density at radius 2 is 2.07 bits per heavy atom. The summed E-state index contributed by atoms with van der Waals surface area (Å²) in [7, 11) is 1.58. The van der Waals surface area contributed by atoms with Crippen molar-refractivity contribution in [2.75, 3.05) is 7.11 Å². The second-order valence-corrected chi connectivity index (χ2v) is 6.96. The van der Waals surface area contributed by atoms with Gasteiger partial charge in [-0.3, -0.25) is 9.48 Å². The molecule has 2 aromatic carbocycles. The molecular formula is C19H16BrClN4O2. The summed E-state index contributed by atoms with van der Waals surface area (Å²) < 4.78 is 7.83. The summed E-state index contributed by atoms with van der Waals surface area (Å²) in [6, 6.07) is 14.6. The molecular weight excluding hydrogens is 432 g/mol. The monoisotopic (exact) mass is 446 g/mol. The van der Waals surface area contributed by atoms with Crippen LogP contribution in [0, 0.1) is 0 Å². The number of hydrogen-bond acceptors (Lipinski definition) is 4. The number of hydrazone groups is 1. The van der Waals surface area contributed by atoms with Crippen LogP contribution < -0.4 is 10.2 Å². The van der Waals surface area contributed by atoms with Gasteiger partial charge in [0.05, 0.1) is 19.9 Å². The molecule has 0 unspecified atom stereocenters. The van der Waals surface area contributed by atoms with Crippen LogP contribution >= 0.6 is 27.5 Å². The fourth-order valence-electron chi connectivity index (χ4n) is 2.37. The molecule has 3 aromatic rings. The maximum Gasteiger partial charge on any atom is 0.291 e. The Labute approximate surface area is 169 Å².